The van der Waals surface area contributed by atoms with Gasteiger partial charge in [0.1, 0.15) is 11.4 Å². The molecule has 2 unspecified atom stereocenters. The molecular weight excluding hydrogens is 254 g/mol. The number of aliphatic hydroxyl groups is 1. The third-order valence-corrected chi connectivity index (χ3v) is 4.58. The van der Waals surface area contributed by atoms with Crippen LogP contribution in [-0.2, 0) is 10.3 Å². The van der Waals surface area contributed by atoms with E-state index in [0.29, 0.717) is 12.5 Å². The van der Waals surface area contributed by atoms with Crippen molar-refractivity contribution < 1.29 is 14.6 Å². The van der Waals surface area contributed by atoms with Gasteiger partial charge in [0, 0.05) is 31.2 Å². The lowest BCUT2D eigenvalue weighted by Crippen LogP contribution is -2.53. The fourth-order valence-electron chi connectivity index (χ4n) is 3.41. The highest BCUT2D eigenvalue weighted by molar-refractivity contribution is 5.40. The van der Waals surface area contributed by atoms with E-state index in [1.807, 2.05) is 18.2 Å². The lowest BCUT2D eigenvalue weighted by atomic mass is 9.77. The minimum Gasteiger partial charge on any atom is -0.496 e. The van der Waals surface area contributed by atoms with Crippen molar-refractivity contribution in [2.45, 2.75) is 18.4 Å². The molecule has 1 saturated heterocycles. The van der Waals surface area contributed by atoms with E-state index < -0.39 is 5.60 Å². The maximum Gasteiger partial charge on any atom is 0.125 e. The number of hydrogen-bond donors (Lipinski definition) is 2. The van der Waals surface area contributed by atoms with Crippen molar-refractivity contribution in [3.63, 3.8) is 0 Å². The van der Waals surface area contributed by atoms with Gasteiger partial charge in [0.05, 0.1) is 13.7 Å². The van der Waals surface area contributed by atoms with Crippen LogP contribution in [0.1, 0.15) is 18.4 Å². The number of ether oxygens (including phenoxy) is 2. The highest BCUT2D eigenvalue weighted by Crippen LogP contribution is 2.49. The molecule has 2 atom stereocenters. The van der Waals surface area contributed by atoms with Crippen LogP contribution in [0.15, 0.2) is 24.3 Å². The Kier molecular flexibility index (Phi) is 3.96. The van der Waals surface area contributed by atoms with Crippen molar-refractivity contribution in [2.75, 3.05) is 33.4 Å². The molecule has 1 aliphatic carbocycles. The van der Waals surface area contributed by atoms with Crippen LogP contribution < -0.4 is 10.1 Å². The molecule has 1 saturated carbocycles. The van der Waals surface area contributed by atoms with Gasteiger partial charge in [-0.15, -0.1) is 0 Å². The molecule has 4 nitrogen and oxygen atoms in total. The molecule has 110 valence electrons. The Bertz CT molecular complexity index is 453. The Morgan fingerprint density at radius 1 is 1.45 bits per heavy atom. The largest absolute Gasteiger partial charge is 0.496 e. The monoisotopic (exact) mass is 277 g/mol. The molecule has 2 N–H and O–H groups in total. The summed E-state index contributed by atoms with van der Waals surface area (Å²) in [6.45, 7) is 2.42. The molecule has 1 aromatic carbocycles. The van der Waals surface area contributed by atoms with Gasteiger partial charge in [-0.2, -0.15) is 0 Å². The summed E-state index contributed by atoms with van der Waals surface area (Å²) in [7, 11) is 1.69. The summed E-state index contributed by atoms with van der Waals surface area (Å²) in [5.74, 6) is 1.53. The quantitative estimate of drug-likeness (QED) is 0.857. The van der Waals surface area contributed by atoms with Crippen molar-refractivity contribution in [3.05, 3.63) is 29.8 Å². The van der Waals surface area contributed by atoms with Crippen LogP contribution in [0.4, 0.5) is 0 Å². The van der Waals surface area contributed by atoms with E-state index >= 15 is 0 Å². The maximum absolute atomic E-state index is 9.93. The van der Waals surface area contributed by atoms with E-state index in [1.54, 1.807) is 7.11 Å². The van der Waals surface area contributed by atoms with Crippen LogP contribution in [0.3, 0.4) is 0 Å². The number of para-hydroxylation sites is 1. The highest BCUT2D eigenvalue weighted by Gasteiger charge is 2.50. The molecule has 0 aromatic heterocycles. The van der Waals surface area contributed by atoms with Crippen LogP contribution in [-0.4, -0.2) is 38.5 Å². The van der Waals surface area contributed by atoms with E-state index in [-0.39, 0.29) is 12.5 Å². The lowest BCUT2D eigenvalue weighted by molar-refractivity contribution is -0.129. The fraction of sp³-hybridized carbons (Fsp3) is 0.625. The smallest absolute Gasteiger partial charge is 0.125 e. The summed E-state index contributed by atoms with van der Waals surface area (Å²) in [4.78, 5) is 0. The summed E-state index contributed by atoms with van der Waals surface area (Å²) >= 11 is 0. The molecular formula is C16H23NO3. The third-order valence-electron chi connectivity index (χ3n) is 4.58. The lowest BCUT2D eigenvalue weighted by Gasteiger charge is -2.44. The molecule has 3 rings (SSSR count). The number of aliphatic hydroxyl groups excluding tert-OH is 1. The average molecular weight is 277 g/mol. The standard InChI is InChI=1S/C16H23NO3/c1-19-15-5-3-2-4-13(15)16(11-17-8-9-20-16)14(10-18)12-6-7-12/h2-5,12,14,17-18H,6-11H2,1H3. The zero-order valence-corrected chi connectivity index (χ0v) is 12.0. The van der Waals surface area contributed by atoms with Gasteiger partial charge in [-0.05, 0) is 24.8 Å². The van der Waals surface area contributed by atoms with E-state index in [9.17, 15) is 5.11 Å². The molecule has 4 heteroatoms. The van der Waals surface area contributed by atoms with Crippen LogP contribution in [0.25, 0.3) is 0 Å². The molecule has 0 bridgehead atoms. The fourth-order valence-corrected chi connectivity index (χ4v) is 3.41. The Morgan fingerprint density at radius 3 is 2.85 bits per heavy atom. The van der Waals surface area contributed by atoms with E-state index in [1.165, 1.54) is 12.8 Å². The van der Waals surface area contributed by atoms with Crippen molar-refractivity contribution in [1.82, 2.24) is 5.32 Å². The molecule has 1 aliphatic heterocycles. The number of rotatable bonds is 5. The van der Waals surface area contributed by atoms with Gasteiger partial charge in [0.15, 0.2) is 0 Å². The molecule has 0 spiro atoms. The average Bonchev–Trinajstić information content (AvgIpc) is 3.33. The van der Waals surface area contributed by atoms with Crippen molar-refractivity contribution >= 4 is 0 Å². The van der Waals surface area contributed by atoms with Crippen molar-refractivity contribution in [2.24, 2.45) is 11.8 Å². The van der Waals surface area contributed by atoms with Crippen LogP contribution >= 0.6 is 0 Å². The zero-order valence-electron chi connectivity index (χ0n) is 12.0. The summed E-state index contributed by atoms with van der Waals surface area (Å²) in [6.07, 6.45) is 2.37. The van der Waals surface area contributed by atoms with Gasteiger partial charge in [0.2, 0.25) is 0 Å². The molecule has 2 fully saturated rings. The van der Waals surface area contributed by atoms with Crippen LogP contribution in [0.5, 0.6) is 5.75 Å². The normalized spacial score (nSPS) is 28.1. The first kappa shape index (κ1) is 13.9. The summed E-state index contributed by atoms with van der Waals surface area (Å²) in [5.41, 5.74) is 0.585. The maximum atomic E-state index is 9.93. The molecule has 0 amide bonds. The molecule has 0 radical (unpaired) electrons. The number of nitrogens with one attached hydrogen (secondary N) is 1. The molecule has 2 aliphatic rings. The number of morpholine rings is 1. The Morgan fingerprint density at radius 2 is 2.25 bits per heavy atom. The molecule has 1 heterocycles. The SMILES string of the molecule is COc1ccccc1C1(C(CO)C2CC2)CNCCO1. The Labute approximate surface area is 120 Å². The summed E-state index contributed by atoms with van der Waals surface area (Å²) in [6, 6.07) is 8.02. The second kappa shape index (κ2) is 5.72. The van der Waals surface area contributed by atoms with Crippen molar-refractivity contribution in [1.29, 1.82) is 0 Å². The van der Waals surface area contributed by atoms with Gasteiger partial charge >= 0.3 is 0 Å². The van der Waals surface area contributed by atoms with Crippen LogP contribution in [0.2, 0.25) is 0 Å². The van der Waals surface area contributed by atoms with Gasteiger partial charge in [-0.3, -0.25) is 0 Å². The minimum absolute atomic E-state index is 0.131. The molecule has 1 aromatic rings. The Hall–Kier alpha value is -1.10. The first-order valence-electron chi connectivity index (χ1n) is 7.41. The second-order valence-electron chi connectivity index (χ2n) is 5.74. The zero-order chi connectivity index (χ0) is 14.0. The minimum atomic E-state index is -0.471. The van der Waals surface area contributed by atoms with E-state index in [2.05, 4.69) is 11.4 Å². The number of benzene rings is 1. The van der Waals surface area contributed by atoms with Crippen molar-refractivity contribution in [3.8, 4) is 5.75 Å². The van der Waals surface area contributed by atoms with Gasteiger partial charge in [-0.25, -0.2) is 0 Å². The summed E-state index contributed by atoms with van der Waals surface area (Å²) in [5, 5.41) is 13.4. The van der Waals surface area contributed by atoms with Gasteiger partial charge < -0.3 is 19.9 Å². The summed E-state index contributed by atoms with van der Waals surface area (Å²) < 4.78 is 11.8. The Balaban J connectivity index is 2.04. The number of hydrogen-bond acceptors (Lipinski definition) is 4. The van der Waals surface area contributed by atoms with E-state index in [4.69, 9.17) is 9.47 Å². The predicted molar refractivity (Wildman–Crippen MR) is 76.8 cm³/mol. The first-order valence-corrected chi connectivity index (χ1v) is 7.41. The second-order valence-corrected chi connectivity index (χ2v) is 5.74. The predicted octanol–water partition coefficient (Wildman–Crippen LogP) is 1.53. The van der Waals surface area contributed by atoms with E-state index in [0.717, 1.165) is 24.4 Å². The number of methoxy groups -OCH3 is 1. The third kappa shape index (κ3) is 2.32. The first-order chi connectivity index (χ1) is 9.81. The topological polar surface area (TPSA) is 50.7 Å². The van der Waals surface area contributed by atoms with Crippen LogP contribution in [0, 0.1) is 11.8 Å². The molecule has 20 heavy (non-hydrogen) atoms. The highest BCUT2D eigenvalue weighted by atomic mass is 16.5. The van der Waals surface area contributed by atoms with Gasteiger partial charge in [0.25, 0.3) is 0 Å². The van der Waals surface area contributed by atoms with Gasteiger partial charge in [-0.1, -0.05) is 18.2 Å².